The van der Waals surface area contributed by atoms with E-state index in [0.717, 1.165) is 14.0 Å². The van der Waals surface area contributed by atoms with Gasteiger partial charge in [0.1, 0.15) is 42.3 Å². The van der Waals surface area contributed by atoms with E-state index in [9.17, 15) is 134 Å². The van der Waals surface area contributed by atoms with Crippen LogP contribution in [0.4, 0.5) is 0 Å². The summed E-state index contributed by atoms with van der Waals surface area (Å²) >= 11 is 0. The fraction of sp³-hybridized carbons (Fsp3) is 0.723. The summed E-state index contributed by atoms with van der Waals surface area (Å²) in [5, 5.41) is 67.3. The minimum Gasteiger partial charge on any atom is -0.480 e. The molecule has 0 spiro atoms. The third-order valence-electron chi connectivity index (χ3n) is 22.9. The smallest absolute Gasteiger partial charge is 0.327 e. The molecule has 31 N–H and O–H groups in total. The zero-order chi connectivity index (χ0) is 108. The second kappa shape index (κ2) is 63.2. The van der Waals surface area contributed by atoms with Gasteiger partial charge >= 0.3 is 36.4 Å². The monoisotopic (exact) mass is 2120 g/mol. The molecule has 0 saturated carbocycles. The number of hydrogen-bond donors (Lipinski definition) is 25. The fourth-order valence-corrected chi connectivity index (χ4v) is 16.7. The number of amides is 11. The molecule has 5 heterocycles. The Hall–Kier alpha value is -10.4. The normalized spacial score (nSPS) is 15.6. The molecule has 0 aliphatic carbocycles. The molecular weight excluding hydrogens is 1970 g/mol. The number of aromatic nitrogens is 12. The maximum Gasteiger partial charge on any atom is 0.327 e. The second-order valence-electron chi connectivity index (χ2n) is 36.0. The van der Waals surface area contributed by atoms with E-state index in [1.807, 2.05) is 0 Å². The van der Waals surface area contributed by atoms with Crippen molar-refractivity contribution >= 4 is 119 Å². The molecule has 0 aromatic carbocycles. The molecule has 1 fully saturated rings. The van der Waals surface area contributed by atoms with Crippen LogP contribution in [0.1, 0.15) is 200 Å². The van der Waals surface area contributed by atoms with E-state index in [1.165, 1.54) is 69.0 Å². The summed E-state index contributed by atoms with van der Waals surface area (Å²) in [5.74, 6) is -14.3. The molecule has 0 unspecified atom stereocenters. The minimum absolute atomic E-state index is 0.0710. The zero-order valence-corrected chi connectivity index (χ0v) is 85.8. The number of ketones is 3. The summed E-state index contributed by atoms with van der Waals surface area (Å²) in [4.78, 5) is 279. The van der Waals surface area contributed by atoms with Gasteiger partial charge in [-0.1, -0.05) is 34.2 Å². The second-order valence-corrected chi connectivity index (χ2v) is 43.1. The number of likely N-dealkylation sites (tertiary alicyclic amines) is 1. The van der Waals surface area contributed by atoms with Crippen molar-refractivity contribution in [1.82, 2.24) is 118 Å². The van der Waals surface area contributed by atoms with Crippen LogP contribution < -0.4 is 87.6 Å². The van der Waals surface area contributed by atoms with Gasteiger partial charge in [-0.25, -0.2) is 4.79 Å². The molecule has 11 amide bonds. The van der Waals surface area contributed by atoms with E-state index in [0.29, 0.717) is 103 Å². The minimum atomic E-state index is -4.44. The highest BCUT2D eigenvalue weighted by molar-refractivity contribution is 7.52. The van der Waals surface area contributed by atoms with Crippen molar-refractivity contribution in [3.8, 4) is 0 Å². The highest BCUT2D eigenvalue weighted by Gasteiger charge is 2.40. The largest absolute Gasteiger partial charge is 0.480 e. The van der Waals surface area contributed by atoms with Crippen LogP contribution in [-0.4, -0.2) is 334 Å². The molecule has 812 valence electrons. The van der Waals surface area contributed by atoms with Crippen molar-refractivity contribution in [2.45, 2.75) is 301 Å². The van der Waals surface area contributed by atoms with Crippen LogP contribution in [0.3, 0.4) is 0 Å². The van der Waals surface area contributed by atoms with Crippen molar-refractivity contribution in [1.29, 1.82) is 0 Å². The summed E-state index contributed by atoms with van der Waals surface area (Å²) in [7, 11) is -17.6. The number of nitrogens with one attached hydrogen (secondary N) is 10. The van der Waals surface area contributed by atoms with Crippen molar-refractivity contribution in [3.63, 3.8) is 0 Å². The number of Topliss-reactive ketones (excluding diaryl/α,β-unsaturated/α-hetero) is 3. The third-order valence-corrected chi connectivity index (χ3v) is 26.0. The molecule has 1 aliphatic rings. The fourth-order valence-electron chi connectivity index (χ4n) is 14.8. The Morgan fingerprint density at radius 3 is 1.10 bits per heavy atom. The third kappa shape index (κ3) is 49.6. The molecule has 1 aliphatic heterocycles. The average Bonchev–Trinajstić information content (AvgIpc) is 1.65. The maximum absolute atomic E-state index is 14.3. The molecule has 0 radical (unpaired) electrons. The Kier molecular flexibility index (Phi) is 55.2. The number of unbranched alkanes of at least 4 members (excludes halogenated alkanes) is 5. The van der Waals surface area contributed by atoms with Gasteiger partial charge in [-0.05, 0) is 170 Å². The van der Waals surface area contributed by atoms with E-state index in [-0.39, 0.29) is 132 Å². The Labute approximate surface area is 832 Å². The SMILES string of the molecule is CC(=O)N1CCC[C@H]1C(=O)N[C@@H](CCCCN)C(=O)C[C@@H](Cc1cn(CCP(=O)(O)O)nn1)C(=O)N[C@@H](C)C(=O)C[C@@H](CCCCN)C(=O)N[C@@H](Cc1cn(CCP(=O)(O)O)nn1)C(=O)C[C@@H](C)C(=O)N[C@@H](CCCCN)C(=O)O.CC(C)NC(=O)[C@H](Cc1cn(CCP(=O)(O)O)nn1)NC(=O)[C@H](CCCCN)NC(=O)[C@H](C)NC(=O)[C@H](Cc1cn(CCP(=O)(O)O)nn1)NC(=O)[C@H](CCCCN)NC(=O)[C@H](C)N. The van der Waals surface area contributed by atoms with Crippen molar-refractivity contribution in [2.75, 3.05) is 63.9 Å². The molecule has 5 rings (SSSR count). The number of nitrogens with zero attached hydrogens (tertiary/aromatic N) is 13. The molecule has 144 heavy (non-hydrogen) atoms. The quantitative estimate of drug-likeness (QED) is 0.0144. The predicted octanol–water partition coefficient (Wildman–Crippen LogP) is -6.22. The summed E-state index contributed by atoms with van der Waals surface area (Å²) in [5.41, 5.74) is 34.7. The van der Waals surface area contributed by atoms with Crippen LogP contribution in [0.15, 0.2) is 24.8 Å². The number of aliphatic carboxylic acids is 1. The van der Waals surface area contributed by atoms with Gasteiger partial charge in [0.25, 0.3) is 0 Å². The van der Waals surface area contributed by atoms with Crippen molar-refractivity contribution < 1.29 is 134 Å². The van der Waals surface area contributed by atoms with Crippen LogP contribution in [0, 0.1) is 17.8 Å². The Morgan fingerprint density at radius 1 is 0.368 bits per heavy atom. The van der Waals surface area contributed by atoms with E-state index in [1.54, 1.807) is 13.8 Å². The molecule has 14 atom stereocenters. The number of carboxylic acid groups (broad SMARTS) is 1. The lowest BCUT2D eigenvalue weighted by Gasteiger charge is -2.26. The lowest BCUT2D eigenvalue weighted by atomic mass is 9.90. The van der Waals surface area contributed by atoms with Crippen LogP contribution in [-0.2, 0) is 142 Å². The first-order valence-electron chi connectivity index (χ1n) is 47.7. The molecule has 1 saturated heterocycles. The van der Waals surface area contributed by atoms with Crippen LogP contribution in [0.25, 0.3) is 0 Å². The Morgan fingerprint density at radius 2 is 0.701 bits per heavy atom. The van der Waals surface area contributed by atoms with E-state index in [4.69, 9.17) is 34.4 Å². The first kappa shape index (κ1) is 126. The summed E-state index contributed by atoms with van der Waals surface area (Å²) in [6.07, 6.45) is 6.52. The van der Waals surface area contributed by atoms with Crippen LogP contribution >= 0.6 is 30.4 Å². The number of carbonyl (C=O) groups excluding carboxylic acids is 14. The lowest BCUT2D eigenvalue weighted by molar-refractivity contribution is -0.143. The molecule has 4 aromatic rings. The molecular formula is C83H147N29O28P4. The molecule has 4 aromatic heterocycles. The molecule has 61 heteroatoms. The van der Waals surface area contributed by atoms with Gasteiger partial charge in [-0.2, -0.15) is 0 Å². The van der Waals surface area contributed by atoms with E-state index in [2.05, 4.69) is 94.4 Å². The van der Waals surface area contributed by atoms with Crippen molar-refractivity contribution in [3.05, 3.63) is 47.6 Å². The molecule has 0 bridgehead atoms. The first-order valence-corrected chi connectivity index (χ1v) is 54.9. The number of aryl methyl sites for hydroxylation is 4. The highest BCUT2D eigenvalue weighted by atomic mass is 31.2. The average molecular weight is 2120 g/mol. The number of carboxylic acids is 1. The Bertz CT molecular complexity index is 5040. The predicted molar refractivity (Wildman–Crippen MR) is 516 cm³/mol. The van der Waals surface area contributed by atoms with Crippen LogP contribution in [0.5, 0.6) is 0 Å². The van der Waals surface area contributed by atoms with Crippen molar-refractivity contribution in [2.24, 2.45) is 52.2 Å². The topological polar surface area (TPSA) is 909 Å². The van der Waals surface area contributed by atoms with Gasteiger partial charge in [-0.3, -0.25) is 104 Å². The summed E-state index contributed by atoms with van der Waals surface area (Å²) in [6.45, 7) is 11.2. The lowest BCUT2D eigenvalue weighted by Crippen LogP contribution is -2.59. The first-order chi connectivity index (χ1) is 67.5. The van der Waals surface area contributed by atoms with Crippen LogP contribution in [0.2, 0.25) is 0 Å². The Balaban J connectivity index is 0.000000616. The standard InChI is InChI=1S/C48H82N14O16P2.C35H65N15O12P2/c1-30(44(67)54-38(48(71)72)13-6-9-17-51)23-42(65)39(27-36-29-61(59-57-36)20-22-80(76,77)78)55-45(68)33(11-4-7-15-49)25-41(64)31(2)52-46(69)34(24-35-28-60(58-56-35)19-21-79(73,74)75)26-43(66)37(12-5-8-16-50)53-47(70)40-14-10-18-62(40)32(3)63;1-21(2)39-34(55)28(17-24-19-49(47-45-24)13-15-63(57,58)59)43-33(54)27(10-6-8-12-37)42-31(52)23(4)40-35(56)29(18-25-20-50(48-46-25)14-16-64(60,61)62)44-32(53)26(9-5-7-11-36)41-30(51)22(3)38/h28-31,33-34,37-40H,4-27,49-51H2,1-3H3,(H,52,69)(H,53,70)(H,54,67)(H,55,68)(H,71,72)(H2,73,74,75)(H2,76,77,78);19-23,26-29H,5-18,36-38H2,1-4H3,(H,39,55)(H,40,56)(H,41,51)(H,42,52)(H,43,54)(H,44,53)(H2,57,58,59)(H2,60,61,62)/t30-,31+,33-,34-,37+,38+,39+,40+;22-,23-,26-,27-,28-,29-/m10/s1. The molecule has 57 nitrogen and oxygen atoms in total. The number of rotatable bonds is 70. The number of hydrogen-bond acceptors (Lipinski definition) is 33. The van der Waals surface area contributed by atoms with Gasteiger partial charge in [0.15, 0.2) is 17.3 Å². The zero-order valence-electron chi connectivity index (χ0n) is 82.2. The van der Waals surface area contributed by atoms with Gasteiger partial charge in [-0.15, -0.1) is 20.4 Å². The van der Waals surface area contributed by atoms with Gasteiger partial charge in [0, 0.05) is 101 Å². The highest BCUT2D eigenvalue weighted by Crippen LogP contribution is 2.37. The summed E-state index contributed by atoms with van der Waals surface area (Å²) < 4.78 is 50.5. The van der Waals surface area contributed by atoms with E-state index >= 15 is 0 Å². The number of nitrogens with two attached hydrogens (primary N) is 6. The van der Waals surface area contributed by atoms with Gasteiger partial charge in [0.2, 0.25) is 65.0 Å². The van der Waals surface area contributed by atoms with Gasteiger partial charge in [0.05, 0.1) is 104 Å². The summed E-state index contributed by atoms with van der Waals surface area (Å²) in [6, 6.07) is -13.6. The van der Waals surface area contributed by atoms with E-state index < -0.39 is 241 Å². The number of carbonyl (C=O) groups is 15. The van der Waals surface area contributed by atoms with Gasteiger partial charge < -0.3 is 137 Å². The maximum atomic E-state index is 14.3.